The van der Waals surface area contributed by atoms with Crippen molar-refractivity contribution in [3.8, 4) is 0 Å². The van der Waals surface area contributed by atoms with Crippen molar-refractivity contribution in [3.05, 3.63) is 83.3 Å². The Morgan fingerprint density at radius 2 is 1.70 bits per heavy atom. The fourth-order valence-electron chi connectivity index (χ4n) is 4.65. The molecule has 0 aliphatic rings. The van der Waals surface area contributed by atoms with Gasteiger partial charge in [0.1, 0.15) is 17.5 Å². The molecule has 1 N–H and O–H groups in total. The van der Waals surface area contributed by atoms with Crippen molar-refractivity contribution in [1.82, 2.24) is 14.3 Å². The molecule has 6 aromatic rings. The first-order chi connectivity index (χ1) is 16.1. The van der Waals surface area contributed by atoms with Crippen LogP contribution in [0.3, 0.4) is 0 Å². The Hall–Kier alpha value is -4.39. The highest BCUT2D eigenvalue weighted by atomic mass is 16.4. The van der Waals surface area contributed by atoms with Crippen LogP contribution in [0.2, 0.25) is 0 Å². The maximum Gasteiger partial charge on any atom is 0.347 e. The summed E-state index contributed by atoms with van der Waals surface area (Å²) in [6.07, 6.45) is 1.45. The molecule has 7 nitrogen and oxygen atoms in total. The van der Waals surface area contributed by atoms with Crippen molar-refractivity contribution in [1.29, 1.82) is 0 Å². The predicted molar refractivity (Wildman–Crippen MR) is 130 cm³/mol. The third-order valence-corrected chi connectivity index (χ3v) is 6.07. The molecule has 162 valence electrons. The summed E-state index contributed by atoms with van der Waals surface area (Å²) in [6.45, 7) is 2.97. The van der Waals surface area contributed by atoms with E-state index in [4.69, 9.17) is 4.42 Å². The number of hydrogen-bond donors (Lipinski definition) is 1. The molecule has 0 saturated heterocycles. The Bertz CT molecular complexity index is 1760. The molecule has 0 aliphatic carbocycles. The molecule has 0 spiro atoms. The van der Waals surface area contributed by atoms with Crippen molar-refractivity contribution in [2.24, 2.45) is 0 Å². The standard InChI is InChI=1S/C26H20N4O3/c1-2-29-21-9-5-3-7-17(21)19-13-16(11-12-22(19)29)28-24(31)15-30-25-18-8-4-6-10-23(18)33-26(32)20(25)14-27-30/h3-14H,2,15H2,1H3,(H,28,31). The van der Waals surface area contributed by atoms with Crippen LogP contribution in [0.15, 0.2) is 82.1 Å². The number of carbonyl (C=O) groups excluding carboxylic acids is 1. The fraction of sp³-hybridized carbons (Fsp3) is 0.115. The highest BCUT2D eigenvalue weighted by molar-refractivity contribution is 6.10. The van der Waals surface area contributed by atoms with Crippen molar-refractivity contribution < 1.29 is 9.21 Å². The van der Waals surface area contributed by atoms with Crippen molar-refractivity contribution in [3.63, 3.8) is 0 Å². The highest BCUT2D eigenvalue weighted by Gasteiger charge is 2.16. The van der Waals surface area contributed by atoms with Gasteiger partial charge in [0.05, 0.1) is 11.7 Å². The summed E-state index contributed by atoms with van der Waals surface area (Å²) in [4.78, 5) is 25.2. The van der Waals surface area contributed by atoms with Gasteiger partial charge in [-0.1, -0.05) is 30.3 Å². The number of aromatic nitrogens is 3. The molecule has 3 aromatic heterocycles. The maximum absolute atomic E-state index is 12.9. The second kappa shape index (κ2) is 7.34. The van der Waals surface area contributed by atoms with Gasteiger partial charge in [0.25, 0.3) is 0 Å². The van der Waals surface area contributed by atoms with Gasteiger partial charge in [-0.05, 0) is 43.3 Å². The lowest BCUT2D eigenvalue weighted by molar-refractivity contribution is -0.116. The van der Waals surface area contributed by atoms with Crippen LogP contribution in [0.1, 0.15) is 6.92 Å². The number of hydrogen-bond acceptors (Lipinski definition) is 4. The van der Waals surface area contributed by atoms with Crippen LogP contribution in [0, 0.1) is 0 Å². The number of carbonyl (C=O) groups is 1. The van der Waals surface area contributed by atoms with Crippen LogP contribution in [0.25, 0.3) is 43.7 Å². The number of aryl methyl sites for hydroxylation is 1. The first-order valence-electron chi connectivity index (χ1n) is 10.8. The number of anilines is 1. The van der Waals surface area contributed by atoms with E-state index < -0.39 is 5.63 Å². The fourth-order valence-corrected chi connectivity index (χ4v) is 4.65. The van der Waals surface area contributed by atoms with Gasteiger partial charge in [-0.3, -0.25) is 9.48 Å². The van der Waals surface area contributed by atoms with E-state index >= 15 is 0 Å². The zero-order valence-corrected chi connectivity index (χ0v) is 17.9. The van der Waals surface area contributed by atoms with E-state index in [1.807, 2.05) is 42.5 Å². The summed E-state index contributed by atoms with van der Waals surface area (Å²) in [6, 6.07) is 21.5. The smallest absolute Gasteiger partial charge is 0.347 e. The number of nitrogens with one attached hydrogen (secondary N) is 1. The molecule has 6 rings (SSSR count). The molecule has 0 radical (unpaired) electrons. The molecule has 0 unspecified atom stereocenters. The molecule has 7 heteroatoms. The Morgan fingerprint density at radius 3 is 2.55 bits per heavy atom. The normalized spacial score (nSPS) is 11.7. The lowest BCUT2D eigenvalue weighted by Crippen LogP contribution is -2.19. The van der Waals surface area contributed by atoms with E-state index in [9.17, 15) is 9.59 Å². The second-order valence-corrected chi connectivity index (χ2v) is 7.99. The Morgan fingerprint density at radius 1 is 0.939 bits per heavy atom. The molecule has 0 bridgehead atoms. The molecule has 3 aromatic carbocycles. The van der Waals surface area contributed by atoms with E-state index in [1.165, 1.54) is 11.7 Å². The summed E-state index contributed by atoms with van der Waals surface area (Å²) >= 11 is 0. The van der Waals surface area contributed by atoms with E-state index in [2.05, 4.69) is 34.0 Å². The first kappa shape index (κ1) is 19.3. The topological polar surface area (TPSA) is 82.1 Å². The van der Waals surface area contributed by atoms with E-state index in [1.54, 1.807) is 16.8 Å². The largest absolute Gasteiger partial charge is 0.422 e. The zero-order chi connectivity index (χ0) is 22.5. The van der Waals surface area contributed by atoms with Gasteiger partial charge in [0, 0.05) is 39.4 Å². The number of rotatable bonds is 4. The van der Waals surface area contributed by atoms with Crippen LogP contribution in [0.4, 0.5) is 5.69 Å². The van der Waals surface area contributed by atoms with E-state index in [0.717, 1.165) is 28.2 Å². The first-order valence-corrected chi connectivity index (χ1v) is 10.8. The average Bonchev–Trinajstić information content (AvgIpc) is 3.38. The van der Waals surface area contributed by atoms with Crippen molar-refractivity contribution in [2.45, 2.75) is 20.0 Å². The van der Waals surface area contributed by atoms with Gasteiger partial charge >= 0.3 is 5.63 Å². The van der Waals surface area contributed by atoms with E-state index in [-0.39, 0.29) is 12.5 Å². The molecule has 33 heavy (non-hydrogen) atoms. The summed E-state index contributed by atoms with van der Waals surface area (Å²) in [5.41, 5.74) is 3.62. The van der Waals surface area contributed by atoms with Crippen molar-refractivity contribution >= 4 is 55.3 Å². The number of nitrogens with zero attached hydrogens (tertiary/aromatic N) is 3. The minimum atomic E-state index is -0.465. The Labute approximate surface area is 187 Å². The molecule has 1 amide bonds. The SMILES string of the molecule is CCn1c2ccccc2c2cc(NC(=O)Cn3ncc4c(=O)oc5ccccc5c43)ccc21. The van der Waals surface area contributed by atoms with Crippen LogP contribution in [-0.4, -0.2) is 20.3 Å². The number of para-hydroxylation sites is 2. The minimum absolute atomic E-state index is 0.0221. The average molecular weight is 436 g/mol. The Kier molecular flexibility index (Phi) is 4.29. The van der Waals surface area contributed by atoms with Crippen molar-refractivity contribution in [2.75, 3.05) is 5.32 Å². The van der Waals surface area contributed by atoms with Crippen LogP contribution in [-0.2, 0) is 17.9 Å². The van der Waals surface area contributed by atoms with Gasteiger partial charge in [0.2, 0.25) is 5.91 Å². The van der Waals surface area contributed by atoms with Crippen LogP contribution < -0.4 is 10.9 Å². The number of fused-ring (bicyclic) bond motifs is 6. The zero-order valence-electron chi connectivity index (χ0n) is 17.9. The summed E-state index contributed by atoms with van der Waals surface area (Å²) in [5, 5.41) is 10.6. The van der Waals surface area contributed by atoms with Crippen LogP contribution >= 0.6 is 0 Å². The minimum Gasteiger partial charge on any atom is -0.422 e. The third-order valence-electron chi connectivity index (χ3n) is 6.07. The lowest BCUT2D eigenvalue weighted by atomic mass is 10.1. The van der Waals surface area contributed by atoms with E-state index in [0.29, 0.717) is 22.2 Å². The highest BCUT2D eigenvalue weighted by Crippen LogP contribution is 2.31. The van der Waals surface area contributed by atoms with Gasteiger partial charge in [-0.2, -0.15) is 5.10 Å². The molecular weight excluding hydrogens is 416 g/mol. The monoisotopic (exact) mass is 436 g/mol. The molecule has 3 heterocycles. The molecular formula is C26H20N4O3. The predicted octanol–water partition coefficient (Wildman–Crippen LogP) is 4.91. The van der Waals surface area contributed by atoms with Gasteiger partial charge in [-0.25, -0.2) is 4.79 Å². The molecule has 0 atom stereocenters. The summed E-state index contributed by atoms with van der Waals surface area (Å²) in [7, 11) is 0. The molecule has 0 fully saturated rings. The lowest BCUT2D eigenvalue weighted by Gasteiger charge is -2.08. The number of amides is 1. The van der Waals surface area contributed by atoms with Gasteiger partial charge in [0.15, 0.2) is 0 Å². The summed E-state index contributed by atoms with van der Waals surface area (Å²) in [5.74, 6) is -0.226. The quantitative estimate of drug-likeness (QED) is 0.398. The van der Waals surface area contributed by atoms with Crippen LogP contribution in [0.5, 0.6) is 0 Å². The summed E-state index contributed by atoms with van der Waals surface area (Å²) < 4.78 is 9.18. The molecule has 0 aliphatic heterocycles. The Balaban J connectivity index is 1.36. The third kappa shape index (κ3) is 3.01. The molecule has 0 saturated carbocycles. The van der Waals surface area contributed by atoms with Gasteiger partial charge in [-0.15, -0.1) is 0 Å². The van der Waals surface area contributed by atoms with Gasteiger partial charge < -0.3 is 14.3 Å². The second-order valence-electron chi connectivity index (χ2n) is 7.99. The number of benzene rings is 3. The maximum atomic E-state index is 12.9.